The molecule has 0 bridgehead atoms. The van der Waals surface area contributed by atoms with Crippen LogP contribution in [0.1, 0.15) is 42.6 Å². The topological polar surface area (TPSA) is 78.4 Å². The molecule has 1 N–H and O–H groups in total. The fraction of sp³-hybridized carbons (Fsp3) is 0.500. The predicted molar refractivity (Wildman–Crippen MR) is 125 cm³/mol. The number of nitrogens with zero attached hydrogens (tertiary/aromatic N) is 4. The van der Waals surface area contributed by atoms with Gasteiger partial charge < -0.3 is 15.1 Å². The second-order valence-electron chi connectivity index (χ2n) is 8.92. The van der Waals surface area contributed by atoms with E-state index in [4.69, 9.17) is 11.6 Å². The molecule has 8 heteroatoms. The first-order valence-electron chi connectivity index (χ1n) is 11.2. The first-order chi connectivity index (χ1) is 15.3. The van der Waals surface area contributed by atoms with Crippen molar-refractivity contribution in [1.82, 2.24) is 20.2 Å². The Morgan fingerprint density at radius 3 is 2.53 bits per heavy atom. The molecule has 7 nitrogen and oxygen atoms in total. The van der Waals surface area contributed by atoms with Gasteiger partial charge in [0.25, 0.3) is 0 Å². The number of carbonyl (C=O) groups excluding carboxylic acids is 2. The predicted octanol–water partition coefficient (Wildman–Crippen LogP) is 3.07. The molecule has 1 aromatic heterocycles. The molecule has 170 valence electrons. The highest BCUT2D eigenvalue weighted by Gasteiger charge is 2.38. The van der Waals surface area contributed by atoms with Gasteiger partial charge in [-0.05, 0) is 50.8 Å². The summed E-state index contributed by atoms with van der Waals surface area (Å²) < 4.78 is 0. The molecule has 0 radical (unpaired) electrons. The van der Waals surface area contributed by atoms with Crippen molar-refractivity contribution in [3.05, 3.63) is 52.4 Å². The standard InChI is InChI=1S/C24H30ClN5O2/c1-17-16-26-18(2)23(27-17)30-13-11-29(12-14-30)22(32)8-10-24(9-7-21(31)28-24)15-19-3-5-20(25)6-4-19/h3-6,16H,7-15H2,1-2H3,(H,28,31)/t24-/m1/s1. The Morgan fingerprint density at radius 1 is 1.16 bits per heavy atom. The number of aromatic nitrogens is 2. The molecule has 4 rings (SSSR count). The van der Waals surface area contributed by atoms with Crippen LogP contribution in [0, 0.1) is 13.8 Å². The Kier molecular flexibility index (Phi) is 6.65. The maximum Gasteiger partial charge on any atom is 0.222 e. The third-order valence-corrected chi connectivity index (χ3v) is 6.74. The van der Waals surface area contributed by atoms with E-state index in [1.54, 1.807) is 6.20 Å². The maximum atomic E-state index is 13.0. The highest BCUT2D eigenvalue weighted by Crippen LogP contribution is 2.30. The zero-order valence-corrected chi connectivity index (χ0v) is 19.5. The number of rotatable bonds is 6. The van der Waals surface area contributed by atoms with E-state index in [0.29, 0.717) is 43.8 Å². The molecule has 2 fully saturated rings. The van der Waals surface area contributed by atoms with Gasteiger partial charge in [0.2, 0.25) is 11.8 Å². The third kappa shape index (κ3) is 5.21. The summed E-state index contributed by atoms with van der Waals surface area (Å²) in [5, 5.41) is 3.86. The number of nitrogens with one attached hydrogen (secondary N) is 1. The van der Waals surface area contributed by atoms with Crippen LogP contribution >= 0.6 is 11.6 Å². The highest BCUT2D eigenvalue weighted by molar-refractivity contribution is 6.30. The molecule has 2 aliphatic heterocycles. The van der Waals surface area contributed by atoms with E-state index >= 15 is 0 Å². The van der Waals surface area contributed by atoms with Crippen molar-refractivity contribution in [2.24, 2.45) is 0 Å². The number of amides is 2. The Balaban J connectivity index is 1.34. The van der Waals surface area contributed by atoms with E-state index in [-0.39, 0.29) is 17.4 Å². The maximum absolute atomic E-state index is 13.0. The summed E-state index contributed by atoms with van der Waals surface area (Å²) in [6.07, 6.45) is 4.82. The molecule has 2 aliphatic rings. The quantitative estimate of drug-likeness (QED) is 0.724. The Bertz CT molecular complexity index is 988. The van der Waals surface area contributed by atoms with Crippen LogP contribution in [0.25, 0.3) is 0 Å². The second kappa shape index (κ2) is 9.45. The average Bonchev–Trinajstić information content (AvgIpc) is 3.16. The average molecular weight is 456 g/mol. The third-order valence-electron chi connectivity index (χ3n) is 6.49. The molecule has 1 aromatic carbocycles. The smallest absolute Gasteiger partial charge is 0.222 e. The fourth-order valence-corrected chi connectivity index (χ4v) is 4.80. The van der Waals surface area contributed by atoms with E-state index in [0.717, 1.165) is 42.3 Å². The largest absolute Gasteiger partial charge is 0.352 e. The van der Waals surface area contributed by atoms with Crippen molar-refractivity contribution in [3.63, 3.8) is 0 Å². The summed E-state index contributed by atoms with van der Waals surface area (Å²) in [5.41, 5.74) is 2.56. The zero-order chi connectivity index (χ0) is 22.7. The van der Waals surface area contributed by atoms with Gasteiger partial charge in [0.15, 0.2) is 0 Å². The summed E-state index contributed by atoms with van der Waals surface area (Å²) in [7, 11) is 0. The molecule has 0 spiro atoms. The summed E-state index contributed by atoms with van der Waals surface area (Å²) >= 11 is 6.01. The van der Waals surface area contributed by atoms with Crippen molar-refractivity contribution >= 4 is 29.2 Å². The van der Waals surface area contributed by atoms with Crippen LogP contribution in [-0.4, -0.2) is 58.4 Å². The number of anilines is 1. The first kappa shape index (κ1) is 22.5. The van der Waals surface area contributed by atoms with Crippen LogP contribution in [0.3, 0.4) is 0 Å². The number of aryl methyl sites for hydroxylation is 2. The fourth-order valence-electron chi connectivity index (χ4n) is 4.67. The molecule has 2 saturated heterocycles. The number of carbonyl (C=O) groups is 2. The van der Waals surface area contributed by atoms with E-state index < -0.39 is 0 Å². The monoisotopic (exact) mass is 455 g/mol. The van der Waals surface area contributed by atoms with Crippen molar-refractivity contribution in [2.45, 2.75) is 51.5 Å². The summed E-state index contributed by atoms with van der Waals surface area (Å²) in [4.78, 5) is 38.2. The zero-order valence-electron chi connectivity index (χ0n) is 18.7. The van der Waals surface area contributed by atoms with Gasteiger partial charge in [0.05, 0.1) is 11.4 Å². The Labute approximate surface area is 194 Å². The van der Waals surface area contributed by atoms with Crippen LogP contribution in [0.2, 0.25) is 5.02 Å². The lowest BCUT2D eigenvalue weighted by Crippen LogP contribution is -2.50. The van der Waals surface area contributed by atoms with Crippen molar-refractivity contribution in [3.8, 4) is 0 Å². The number of halogens is 1. The molecule has 32 heavy (non-hydrogen) atoms. The van der Waals surface area contributed by atoms with E-state index in [2.05, 4.69) is 20.2 Å². The summed E-state index contributed by atoms with van der Waals surface area (Å²) in [6.45, 7) is 6.75. The minimum Gasteiger partial charge on any atom is -0.352 e. The lowest BCUT2D eigenvalue weighted by atomic mass is 9.85. The Hall–Kier alpha value is -2.67. The van der Waals surface area contributed by atoms with Crippen molar-refractivity contribution < 1.29 is 9.59 Å². The van der Waals surface area contributed by atoms with Gasteiger partial charge >= 0.3 is 0 Å². The second-order valence-corrected chi connectivity index (χ2v) is 9.36. The number of hydrogen-bond acceptors (Lipinski definition) is 5. The molecule has 0 aliphatic carbocycles. The minimum absolute atomic E-state index is 0.0645. The highest BCUT2D eigenvalue weighted by atomic mass is 35.5. The number of benzene rings is 1. The van der Waals surface area contributed by atoms with Gasteiger partial charge in [0, 0.05) is 55.8 Å². The molecule has 1 atom stereocenters. The van der Waals surface area contributed by atoms with E-state index in [1.165, 1.54) is 0 Å². The van der Waals surface area contributed by atoms with Gasteiger partial charge in [-0.2, -0.15) is 0 Å². The van der Waals surface area contributed by atoms with Crippen molar-refractivity contribution in [2.75, 3.05) is 31.1 Å². The van der Waals surface area contributed by atoms with Gasteiger partial charge in [-0.1, -0.05) is 23.7 Å². The van der Waals surface area contributed by atoms with E-state index in [1.807, 2.05) is 43.0 Å². The van der Waals surface area contributed by atoms with Gasteiger partial charge in [-0.3, -0.25) is 14.6 Å². The minimum atomic E-state index is -0.364. The van der Waals surface area contributed by atoms with Gasteiger partial charge in [-0.25, -0.2) is 4.98 Å². The van der Waals surface area contributed by atoms with Crippen LogP contribution in [0.5, 0.6) is 0 Å². The molecule has 2 amide bonds. The van der Waals surface area contributed by atoms with Crippen LogP contribution < -0.4 is 10.2 Å². The molecule has 0 unspecified atom stereocenters. The molecule has 0 saturated carbocycles. The molecular weight excluding hydrogens is 426 g/mol. The lowest BCUT2D eigenvalue weighted by Gasteiger charge is -2.37. The van der Waals surface area contributed by atoms with Crippen molar-refractivity contribution in [1.29, 1.82) is 0 Å². The molecule has 2 aromatic rings. The SMILES string of the molecule is Cc1cnc(C)c(N2CCN(C(=O)CC[C@@]3(Cc4ccc(Cl)cc4)CCC(=O)N3)CC2)n1. The summed E-state index contributed by atoms with van der Waals surface area (Å²) in [5.74, 6) is 1.12. The van der Waals surface area contributed by atoms with E-state index in [9.17, 15) is 9.59 Å². The van der Waals surface area contributed by atoms with Gasteiger partial charge in [0.1, 0.15) is 5.82 Å². The van der Waals surface area contributed by atoms with Gasteiger partial charge in [-0.15, -0.1) is 0 Å². The number of piperazine rings is 1. The molecular formula is C24H30ClN5O2. The first-order valence-corrected chi connectivity index (χ1v) is 11.6. The normalized spacial score (nSPS) is 21.0. The Morgan fingerprint density at radius 2 is 1.88 bits per heavy atom. The van der Waals surface area contributed by atoms with Crippen LogP contribution in [-0.2, 0) is 16.0 Å². The number of hydrogen-bond donors (Lipinski definition) is 1. The summed E-state index contributed by atoms with van der Waals surface area (Å²) in [6, 6.07) is 7.72. The molecule has 3 heterocycles. The van der Waals surface area contributed by atoms with Crippen LogP contribution in [0.4, 0.5) is 5.82 Å². The lowest BCUT2D eigenvalue weighted by molar-refractivity contribution is -0.132. The van der Waals surface area contributed by atoms with Crippen LogP contribution in [0.15, 0.2) is 30.5 Å².